The van der Waals surface area contributed by atoms with Gasteiger partial charge in [-0.1, -0.05) is 19.8 Å². The number of unbranched alkanes of at least 4 members (excludes halogenated alkanes) is 2. The molecule has 0 fully saturated rings. The number of sulfonamides is 1. The minimum absolute atomic E-state index is 0.0113. The summed E-state index contributed by atoms with van der Waals surface area (Å²) in [4.78, 5) is 0.0113. The summed E-state index contributed by atoms with van der Waals surface area (Å²) in [7, 11) is -3.71. The summed E-state index contributed by atoms with van der Waals surface area (Å²) in [6.45, 7) is 2.61. The summed E-state index contributed by atoms with van der Waals surface area (Å²) in [6.07, 6.45) is 3.07. The van der Waals surface area contributed by atoms with E-state index in [1.807, 2.05) is 0 Å². The van der Waals surface area contributed by atoms with Crippen molar-refractivity contribution in [2.45, 2.75) is 31.1 Å². The Balaban J connectivity index is 2.77. The van der Waals surface area contributed by atoms with Crippen LogP contribution in [0.5, 0.6) is 5.75 Å². The molecule has 0 aliphatic heterocycles. The number of hydrogen-bond acceptors (Lipinski definition) is 4. The second kappa shape index (κ2) is 5.88. The van der Waals surface area contributed by atoms with Gasteiger partial charge in [0.2, 0.25) is 10.0 Å². The summed E-state index contributed by atoms with van der Waals surface area (Å²) in [5, 5.41) is 5.03. The average molecular weight is 258 g/mol. The number of hydrogen-bond donors (Lipinski definition) is 2. The second-order valence-corrected chi connectivity index (χ2v) is 5.36. The lowest BCUT2D eigenvalue weighted by Crippen LogP contribution is -2.12. The van der Waals surface area contributed by atoms with E-state index >= 15 is 0 Å². The number of anilines is 1. The molecule has 0 spiro atoms. The van der Waals surface area contributed by atoms with Crippen LogP contribution in [0.25, 0.3) is 0 Å². The number of ether oxygens (including phenoxy) is 1. The van der Waals surface area contributed by atoms with E-state index in [1.54, 1.807) is 0 Å². The molecule has 1 aromatic rings. The van der Waals surface area contributed by atoms with Crippen LogP contribution in [0, 0.1) is 0 Å². The van der Waals surface area contributed by atoms with Gasteiger partial charge in [-0.3, -0.25) is 0 Å². The third-order valence-corrected chi connectivity index (χ3v) is 3.23. The van der Waals surface area contributed by atoms with Gasteiger partial charge in [-0.25, -0.2) is 13.6 Å². The van der Waals surface area contributed by atoms with Crippen molar-refractivity contribution < 1.29 is 13.2 Å². The van der Waals surface area contributed by atoms with E-state index in [0.717, 1.165) is 19.3 Å². The molecule has 4 N–H and O–H groups in total. The van der Waals surface area contributed by atoms with Crippen LogP contribution in [0.4, 0.5) is 5.69 Å². The Morgan fingerprint density at radius 3 is 2.59 bits per heavy atom. The maximum absolute atomic E-state index is 11.2. The fraction of sp³-hybridized carbons (Fsp3) is 0.455. The van der Waals surface area contributed by atoms with Crippen molar-refractivity contribution in [1.29, 1.82) is 0 Å². The molecule has 0 saturated carbocycles. The van der Waals surface area contributed by atoms with E-state index in [2.05, 4.69) is 6.92 Å². The van der Waals surface area contributed by atoms with Gasteiger partial charge in [0.1, 0.15) is 5.75 Å². The van der Waals surface area contributed by atoms with Gasteiger partial charge in [-0.15, -0.1) is 0 Å². The van der Waals surface area contributed by atoms with E-state index in [-0.39, 0.29) is 4.90 Å². The maximum Gasteiger partial charge on any atom is 0.238 e. The molecule has 0 atom stereocenters. The molecule has 0 aliphatic carbocycles. The lowest BCUT2D eigenvalue weighted by molar-refractivity contribution is 0.307. The predicted molar refractivity (Wildman–Crippen MR) is 67.2 cm³/mol. The highest BCUT2D eigenvalue weighted by Crippen LogP contribution is 2.24. The molecule has 96 valence electrons. The largest absolute Gasteiger partial charge is 0.491 e. The fourth-order valence-electron chi connectivity index (χ4n) is 1.35. The minimum Gasteiger partial charge on any atom is -0.491 e. The standard InChI is InChI=1S/C11H18N2O3S/c1-2-3-4-7-16-11-8-9(17(13,14)15)5-6-10(11)12/h5-6,8H,2-4,7,12H2,1H3,(H2,13,14,15). The van der Waals surface area contributed by atoms with Gasteiger partial charge >= 0.3 is 0 Å². The Kier molecular flexibility index (Phi) is 4.77. The third kappa shape index (κ3) is 4.24. The van der Waals surface area contributed by atoms with Crippen LogP contribution in [0.3, 0.4) is 0 Å². The second-order valence-electron chi connectivity index (χ2n) is 3.80. The van der Waals surface area contributed by atoms with E-state index in [0.29, 0.717) is 18.0 Å². The zero-order valence-electron chi connectivity index (χ0n) is 9.85. The van der Waals surface area contributed by atoms with Crippen molar-refractivity contribution in [1.82, 2.24) is 0 Å². The van der Waals surface area contributed by atoms with E-state index in [4.69, 9.17) is 15.6 Å². The first-order chi connectivity index (χ1) is 7.95. The van der Waals surface area contributed by atoms with Crippen molar-refractivity contribution in [3.63, 3.8) is 0 Å². The van der Waals surface area contributed by atoms with Gasteiger partial charge in [-0.2, -0.15) is 0 Å². The van der Waals surface area contributed by atoms with Crippen LogP contribution in [0.1, 0.15) is 26.2 Å². The minimum atomic E-state index is -3.71. The highest BCUT2D eigenvalue weighted by Gasteiger charge is 2.10. The number of primary sulfonamides is 1. The zero-order valence-corrected chi connectivity index (χ0v) is 10.7. The van der Waals surface area contributed by atoms with Gasteiger partial charge < -0.3 is 10.5 Å². The molecule has 0 amide bonds. The molecule has 0 heterocycles. The molecular formula is C11H18N2O3S. The van der Waals surface area contributed by atoms with Crippen LogP contribution in [-0.2, 0) is 10.0 Å². The molecular weight excluding hydrogens is 240 g/mol. The van der Waals surface area contributed by atoms with E-state index in [1.165, 1.54) is 18.2 Å². The normalized spacial score (nSPS) is 11.4. The Bertz CT molecular complexity index is 472. The molecule has 1 rings (SSSR count). The van der Waals surface area contributed by atoms with E-state index < -0.39 is 10.0 Å². The SMILES string of the molecule is CCCCCOc1cc(S(N)(=O)=O)ccc1N. The van der Waals surface area contributed by atoms with Crippen molar-refractivity contribution in [3.05, 3.63) is 18.2 Å². The third-order valence-electron chi connectivity index (χ3n) is 2.32. The Hall–Kier alpha value is -1.27. The zero-order chi connectivity index (χ0) is 12.9. The predicted octanol–water partition coefficient (Wildman–Crippen LogP) is 1.49. The summed E-state index contributed by atoms with van der Waals surface area (Å²) in [5.74, 6) is 0.368. The number of nitrogen functional groups attached to an aromatic ring is 1. The van der Waals surface area contributed by atoms with Crippen LogP contribution < -0.4 is 15.6 Å². The number of benzene rings is 1. The Labute approximate surface area is 102 Å². The van der Waals surface area contributed by atoms with Gasteiger partial charge in [0.05, 0.1) is 17.2 Å². The number of rotatable bonds is 6. The topological polar surface area (TPSA) is 95.4 Å². The average Bonchev–Trinajstić information content (AvgIpc) is 2.25. The van der Waals surface area contributed by atoms with Crippen molar-refractivity contribution in [3.8, 4) is 5.75 Å². The Morgan fingerprint density at radius 1 is 1.29 bits per heavy atom. The highest BCUT2D eigenvalue weighted by atomic mass is 32.2. The molecule has 0 saturated heterocycles. The smallest absolute Gasteiger partial charge is 0.238 e. The van der Waals surface area contributed by atoms with Crippen LogP contribution in [0.2, 0.25) is 0 Å². The molecule has 6 heteroatoms. The summed E-state index contributed by atoms with van der Waals surface area (Å²) >= 11 is 0. The first kappa shape index (κ1) is 13.8. The fourth-order valence-corrected chi connectivity index (χ4v) is 1.88. The highest BCUT2D eigenvalue weighted by molar-refractivity contribution is 7.89. The van der Waals surface area contributed by atoms with Gasteiger partial charge in [-0.05, 0) is 18.6 Å². The van der Waals surface area contributed by atoms with Crippen molar-refractivity contribution in [2.75, 3.05) is 12.3 Å². The molecule has 0 aliphatic rings. The molecule has 0 unspecified atom stereocenters. The number of nitrogens with two attached hydrogens (primary N) is 2. The lowest BCUT2D eigenvalue weighted by Gasteiger charge is -2.09. The molecule has 0 radical (unpaired) electrons. The quantitative estimate of drug-likeness (QED) is 0.597. The molecule has 0 aromatic heterocycles. The van der Waals surface area contributed by atoms with Gasteiger partial charge in [0.25, 0.3) is 0 Å². The van der Waals surface area contributed by atoms with Crippen LogP contribution in [-0.4, -0.2) is 15.0 Å². The van der Waals surface area contributed by atoms with Crippen molar-refractivity contribution >= 4 is 15.7 Å². The van der Waals surface area contributed by atoms with Gasteiger partial charge in [0, 0.05) is 6.07 Å². The lowest BCUT2D eigenvalue weighted by atomic mass is 10.2. The molecule has 0 bridgehead atoms. The summed E-state index contributed by atoms with van der Waals surface area (Å²) in [6, 6.07) is 4.20. The van der Waals surface area contributed by atoms with Crippen LogP contribution in [0.15, 0.2) is 23.1 Å². The monoisotopic (exact) mass is 258 g/mol. The molecule has 5 nitrogen and oxygen atoms in total. The summed E-state index contributed by atoms with van der Waals surface area (Å²) in [5.41, 5.74) is 6.10. The first-order valence-electron chi connectivity index (χ1n) is 5.50. The summed E-state index contributed by atoms with van der Waals surface area (Å²) < 4.78 is 27.7. The van der Waals surface area contributed by atoms with Gasteiger partial charge in [0.15, 0.2) is 0 Å². The van der Waals surface area contributed by atoms with Crippen molar-refractivity contribution in [2.24, 2.45) is 5.14 Å². The molecule has 1 aromatic carbocycles. The maximum atomic E-state index is 11.2. The Morgan fingerprint density at radius 2 is 2.00 bits per heavy atom. The van der Waals surface area contributed by atoms with Crippen LogP contribution >= 0.6 is 0 Å². The molecule has 17 heavy (non-hydrogen) atoms. The van der Waals surface area contributed by atoms with E-state index in [9.17, 15) is 8.42 Å². The first-order valence-corrected chi connectivity index (χ1v) is 7.05.